The number of nitrogens with one attached hydrogen (secondary N) is 2. The van der Waals surface area contributed by atoms with Crippen LogP contribution in [-0.2, 0) is 21.5 Å². The molecule has 0 radical (unpaired) electrons. The van der Waals surface area contributed by atoms with Crippen LogP contribution in [0.25, 0.3) is 0 Å². The molecule has 0 aromatic heterocycles. The molecule has 2 rings (SSSR count). The van der Waals surface area contributed by atoms with Crippen LogP contribution in [0.1, 0.15) is 19.4 Å². The molecule has 2 N–H and O–H groups in total. The SMILES string of the molecule is CC(C)CNS(=O)(=O)N1CC(=O)Nc2ccccc2C1. The highest BCUT2D eigenvalue weighted by Crippen LogP contribution is 2.21. The van der Waals surface area contributed by atoms with Crippen LogP contribution in [0.4, 0.5) is 5.69 Å². The van der Waals surface area contributed by atoms with Gasteiger partial charge in [-0.1, -0.05) is 32.0 Å². The molecule has 0 unspecified atom stereocenters. The molecule has 110 valence electrons. The Balaban J connectivity index is 2.23. The van der Waals surface area contributed by atoms with E-state index in [0.29, 0.717) is 12.2 Å². The second kappa shape index (κ2) is 5.90. The standard InChI is InChI=1S/C13H19N3O3S/c1-10(2)7-14-20(18,19)16-8-11-5-3-4-6-12(11)15-13(17)9-16/h3-6,10,14H,7-9H2,1-2H3,(H,15,17). The van der Waals surface area contributed by atoms with Crippen molar-refractivity contribution in [1.29, 1.82) is 0 Å². The number of carbonyl (C=O) groups is 1. The first-order chi connectivity index (χ1) is 9.38. The highest BCUT2D eigenvalue weighted by atomic mass is 32.2. The molecule has 0 aliphatic carbocycles. The van der Waals surface area contributed by atoms with E-state index in [1.54, 1.807) is 12.1 Å². The Kier molecular flexibility index (Phi) is 4.42. The van der Waals surface area contributed by atoms with Crippen molar-refractivity contribution < 1.29 is 13.2 Å². The van der Waals surface area contributed by atoms with Crippen molar-refractivity contribution in [3.05, 3.63) is 29.8 Å². The number of fused-ring (bicyclic) bond motifs is 1. The first-order valence-electron chi connectivity index (χ1n) is 6.51. The summed E-state index contributed by atoms with van der Waals surface area (Å²) in [7, 11) is -3.65. The second-order valence-electron chi connectivity index (χ2n) is 5.22. The van der Waals surface area contributed by atoms with Crippen LogP contribution in [0.15, 0.2) is 24.3 Å². The van der Waals surface area contributed by atoms with E-state index in [1.165, 1.54) is 0 Å². The number of hydrogen-bond donors (Lipinski definition) is 2. The maximum atomic E-state index is 12.2. The molecular weight excluding hydrogens is 278 g/mol. The summed E-state index contributed by atoms with van der Waals surface area (Å²) in [5.41, 5.74) is 1.45. The Labute approximate surface area is 119 Å². The van der Waals surface area contributed by atoms with E-state index < -0.39 is 10.2 Å². The van der Waals surface area contributed by atoms with E-state index in [2.05, 4.69) is 10.0 Å². The predicted octanol–water partition coefficient (Wildman–Crippen LogP) is 0.931. The average molecular weight is 297 g/mol. The summed E-state index contributed by atoms with van der Waals surface area (Å²) in [5, 5.41) is 2.72. The monoisotopic (exact) mass is 297 g/mol. The quantitative estimate of drug-likeness (QED) is 0.868. The molecule has 1 heterocycles. The maximum Gasteiger partial charge on any atom is 0.280 e. The number of benzene rings is 1. The lowest BCUT2D eigenvalue weighted by Gasteiger charge is -2.20. The molecule has 1 aromatic rings. The van der Waals surface area contributed by atoms with E-state index in [0.717, 1.165) is 9.87 Å². The van der Waals surface area contributed by atoms with Crippen LogP contribution in [-0.4, -0.2) is 31.7 Å². The molecule has 0 bridgehead atoms. The molecule has 0 spiro atoms. The van der Waals surface area contributed by atoms with Crippen LogP contribution in [0.3, 0.4) is 0 Å². The smallest absolute Gasteiger partial charge is 0.280 e. The largest absolute Gasteiger partial charge is 0.325 e. The van der Waals surface area contributed by atoms with Crippen LogP contribution in [0.5, 0.6) is 0 Å². The van der Waals surface area contributed by atoms with Crippen molar-refractivity contribution in [2.75, 3.05) is 18.4 Å². The van der Waals surface area contributed by atoms with Crippen LogP contribution in [0.2, 0.25) is 0 Å². The van der Waals surface area contributed by atoms with Gasteiger partial charge in [-0.3, -0.25) is 4.79 Å². The third-order valence-corrected chi connectivity index (χ3v) is 4.44. The highest BCUT2D eigenvalue weighted by Gasteiger charge is 2.28. The van der Waals surface area contributed by atoms with E-state index >= 15 is 0 Å². The zero-order chi connectivity index (χ0) is 14.8. The van der Waals surface area contributed by atoms with Crippen molar-refractivity contribution >= 4 is 21.8 Å². The Bertz CT molecular complexity index is 599. The minimum Gasteiger partial charge on any atom is -0.325 e. The minimum atomic E-state index is -3.65. The Hall–Kier alpha value is -1.44. The zero-order valence-electron chi connectivity index (χ0n) is 11.6. The van der Waals surface area contributed by atoms with Gasteiger partial charge in [0.15, 0.2) is 0 Å². The highest BCUT2D eigenvalue weighted by molar-refractivity contribution is 7.87. The fourth-order valence-corrected chi connectivity index (χ4v) is 3.23. The summed E-state index contributed by atoms with van der Waals surface area (Å²) in [4.78, 5) is 11.8. The molecule has 20 heavy (non-hydrogen) atoms. The molecule has 0 fully saturated rings. The summed E-state index contributed by atoms with van der Waals surface area (Å²) in [6.07, 6.45) is 0. The van der Waals surface area contributed by atoms with Crippen LogP contribution < -0.4 is 10.0 Å². The molecule has 1 aliphatic rings. The van der Waals surface area contributed by atoms with Gasteiger partial charge < -0.3 is 5.32 Å². The first kappa shape index (κ1) is 15.0. The van der Waals surface area contributed by atoms with Gasteiger partial charge in [-0.2, -0.15) is 12.7 Å². The first-order valence-corrected chi connectivity index (χ1v) is 7.95. The van der Waals surface area contributed by atoms with Gasteiger partial charge in [0.25, 0.3) is 10.2 Å². The molecule has 6 nitrogen and oxygen atoms in total. The lowest BCUT2D eigenvalue weighted by molar-refractivity contribution is -0.116. The average Bonchev–Trinajstić information content (AvgIpc) is 2.55. The molecule has 7 heteroatoms. The number of para-hydroxylation sites is 1. The third kappa shape index (κ3) is 3.56. The van der Waals surface area contributed by atoms with Crippen molar-refractivity contribution in [2.45, 2.75) is 20.4 Å². The van der Waals surface area contributed by atoms with Gasteiger partial charge in [0.2, 0.25) is 5.91 Å². The molecule has 0 saturated carbocycles. The van der Waals surface area contributed by atoms with Gasteiger partial charge >= 0.3 is 0 Å². The van der Waals surface area contributed by atoms with Crippen molar-refractivity contribution in [2.24, 2.45) is 5.92 Å². The van der Waals surface area contributed by atoms with E-state index in [4.69, 9.17) is 0 Å². The Morgan fingerprint density at radius 1 is 1.30 bits per heavy atom. The Morgan fingerprint density at radius 3 is 2.70 bits per heavy atom. The molecule has 0 saturated heterocycles. The number of nitrogens with zero attached hydrogens (tertiary/aromatic N) is 1. The van der Waals surface area contributed by atoms with E-state index in [1.807, 2.05) is 26.0 Å². The van der Waals surface area contributed by atoms with Crippen LogP contribution in [0, 0.1) is 5.92 Å². The third-order valence-electron chi connectivity index (χ3n) is 2.97. The molecule has 1 amide bonds. The number of carbonyl (C=O) groups excluding carboxylic acids is 1. The number of hydrogen-bond acceptors (Lipinski definition) is 3. The van der Waals surface area contributed by atoms with Gasteiger partial charge in [0.1, 0.15) is 0 Å². The molecule has 0 atom stereocenters. The van der Waals surface area contributed by atoms with Crippen molar-refractivity contribution in [3.63, 3.8) is 0 Å². The van der Waals surface area contributed by atoms with Gasteiger partial charge in [0, 0.05) is 18.8 Å². The fraction of sp³-hybridized carbons (Fsp3) is 0.462. The summed E-state index contributed by atoms with van der Waals surface area (Å²) >= 11 is 0. The lowest BCUT2D eigenvalue weighted by Crippen LogP contribution is -2.43. The van der Waals surface area contributed by atoms with Gasteiger partial charge in [-0.25, -0.2) is 4.72 Å². The predicted molar refractivity (Wildman–Crippen MR) is 77.2 cm³/mol. The molecule has 1 aliphatic heterocycles. The molecular formula is C13H19N3O3S. The van der Waals surface area contributed by atoms with Crippen molar-refractivity contribution in [1.82, 2.24) is 9.03 Å². The molecule has 1 aromatic carbocycles. The summed E-state index contributed by atoms with van der Waals surface area (Å²) in [6, 6.07) is 7.21. The topological polar surface area (TPSA) is 78.5 Å². The maximum absolute atomic E-state index is 12.2. The number of anilines is 1. The van der Waals surface area contributed by atoms with Gasteiger partial charge in [-0.05, 0) is 17.5 Å². The normalized spacial score (nSPS) is 16.6. The van der Waals surface area contributed by atoms with Gasteiger partial charge in [0.05, 0.1) is 6.54 Å². The summed E-state index contributed by atoms with van der Waals surface area (Å²) in [6.45, 7) is 4.20. The van der Waals surface area contributed by atoms with E-state index in [9.17, 15) is 13.2 Å². The zero-order valence-corrected chi connectivity index (χ0v) is 12.4. The number of amides is 1. The fourth-order valence-electron chi connectivity index (χ4n) is 1.91. The number of rotatable bonds is 4. The minimum absolute atomic E-state index is 0.178. The summed E-state index contributed by atoms with van der Waals surface area (Å²) < 4.78 is 28.2. The Morgan fingerprint density at radius 2 is 2.00 bits per heavy atom. The van der Waals surface area contributed by atoms with Crippen molar-refractivity contribution in [3.8, 4) is 0 Å². The summed E-state index contributed by atoms with van der Waals surface area (Å²) in [5.74, 6) is -0.122. The van der Waals surface area contributed by atoms with E-state index in [-0.39, 0.29) is 24.9 Å². The van der Waals surface area contributed by atoms with Crippen LogP contribution >= 0.6 is 0 Å². The van der Waals surface area contributed by atoms with Gasteiger partial charge in [-0.15, -0.1) is 0 Å². The second-order valence-corrected chi connectivity index (χ2v) is 6.98. The lowest BCUT2D eigenvalue weighted by atomic mass is 10.2.